The van der Waals surface area contributed by atoms with Gasteiger partial charge in [-0.2, -0.15) is 9.61 Å². The fourth-order valence-corrected chi connectivity index (χ4v) is 4.93. The number of hydrogen-bond donors (Lipinski definition) is 1. The van der Waals surface area contributed by atoms with E-state index in [-0.39, 0.29) is 12.5 Å². The minimum Gasteiger partial charge on any atom is -0.323 e. The van der Waals surface area contributed by atoms with Gasteiger partial charge in [-0.25, -0.2) is 9.48 Å². The van der Waals surface area contributed by atoms with Gasteiger partial charge in [0.1, 0.15) is 11.6 Å². The molecule has 0 radical (unpaired) electrons. The van der Waals surface area contributed by atoms with Gasteiger partial charge in [-0.3, -0.25) is 4.79 Å². The van der Waals surface area contributed by atoms with Gasteiger partial charge in [-0.05, 0) is 49.6 Å². The smallest absolute Gasteiger partial charge is 0.323 e. The van der Waals surface area contributed by atoms with Crippen LogP contribution in [-0.2, 0) is 11.3 Å². The minimum absolute atomic E-state index is 0.211. The molecule has 7 nitrogen and oxygen atoms in total. The molecular weight excluding hydrogens is 410 g/mol. The second-order valence-corrected chi connectivity index (χ2v) is 9.02. The van der Waals surface area contributed by atoms with Crippen molar-refractivity contribution in [3.63, 3.8) is 0 Å². The number of aromatic nitrogens is 4. The number of anilines is 1. The lowest BCUT2D eigenvalue weighted by molar-refractivity contribution is -0.117. The first-order valence-electron chi connectivity index (χ1n) is 9.69. The summed E-state index contributed by atoms with van der Waals surface area (Å²) in [6.45, 7) is 1.71. The topological polar surface area (TPSA) is 81.3 Å². The first-order valence-corrected chi connectivity index (χ1v) is 10.9. The molecule has 0 aliphatic heterocycles. The number of rotatable bonds is 5. The Labute approximate surface area is 177 Å². The zero-order valence-electron chi connectivity index (χ0n) is 16.1. The van der Waals surface area contributed by atoms with Crippen molar-refractivity contribution in [1.29, 1.82) is 0 Å². The maximum absolute atomic E-state index is 12.7. The highest BCUT2D eigenvalue weighted by Gasteiger charge is 2.17. The van der Waals surface area contributed by atoms with Gasteiger partial charge in [-0.15, -0.1) is 16.9 Å². The molecule has 1 aliphatic carbocycles. The molecule has 152 valence electrons. The Kier molecular flexibility index (Phi) is 5.91. The summed E-state index contributed by atoms with van der Waals surface area (Å²) in [6.07, 6.45) is 6.15. The summed E-state index contributed by atoms with van der Waals surface area (Å²) in [4.78, 5) is 25.0. The van der Waals surface area contributed by atoms with E-state index < -0.39 is 5.69 Å². The molecule has 0 atom stereocenters. The molecule has 3 aromatic rings. The monoisotopic (exact) mass is 431 g/mol. The number of fused-ring (bicyclic) bond motifs is 1. The van der Waals surface area contributed by atoms with Crippen LogP contribution in [0.1, 0.15) is 37.7 Å². The van der Waals surface area contributed by atoms with Gasteiger partial charge in [0.2, 0.25) is 5.91 Å². The summed E-state index contributed by atoms with van der Waals surface area (Å²) in [5.41, 5.74) is 1.49. The molecule has 1 aromatic carbocycles. The Morgan fingerprint density at radius 2 is 2.00 bits per heavy atom. The quantitative estimate of drug-likeness (QED) is 0.662. The molecule has 2 aromatic heterocycles. The Balaban J connectivity index is 1.49. The summed E-state index contributed by atoms with van der Waals surface area (Å²) in [5.74, 6) is -0.377. The lowest BCUT2D eigenvalue weighted by atomic mass is 10.0. The minimum atomic E-state index is -0.434. The molecule has 29 heavy (non-hydrogen) atoms. The molecule has 1 saturated carbocycles. The first kappa shape index (κ1) is 20.0. The van der Waals surface area contributed by atoms with Crippen LogP contribution in [0.5, 0.6) is 0 Å². The van der Waals surface area contributed by atoms with E-state index in [4.69, 9.17) is 11.6 Å². The third-order valence-corrected chi connectivity index (χ3v) is 6.52. The van der Waals surface area contributed by atoms with E-state index in [1.165, 1.54) is 36.6 Å². The van der Waals surface area contributed by atoms with Crippen LogP contribution in [0, 0.1) is 6.92 Å². The van der Waals surface area contributed by atoms with Crippen molar-refractivity contribution in [2.75, 3.05) is 5.32 Å². The number of nitrogens with one attached hydrogen (secondary N) is 1. The summed E-state index contributed by atoms with van der Waals surface area (Å²) < 4.78 is 2.38. The number of carbonyl (C=O) groups excluding carboxylic acids is 1. The molecule has 1 aliphatic rings. The van der Waals surface area contributed by atoms with Gasteiger partial charge in [-0.1, -0.05) is 36.9 Å². The van der Waals surface area contributed by atoms with Gasteiger partial charge in [0.05, 0.1) is 10.7 Å². The number of benzene rings is 1. The molecule has 2 heterocycles. The molecule has 0 unspecified atom stereocenters. The van der Waals surface area contributed by atoms with Crippen LogP contribution in [0.25, 0.3) is 5.65 Å². The van der Waals surface area contributed by atoms with Gasteiger partial charge in [0, 0.05) is 5.25 Å². The van der Waals surface area contributed by atoms with Crippen LogP contribution in [0.3, 0.4) is 0 Å². The van der Waals surface area contributed by atoms with Crippen LogP contribution in [0.2, 0.25) is 5.02 Å². The van der Waals surface area contributed by atoms with Crippen molar-refractivity contribution in [2.24, 2.45) is 0 Å². The van der Waals surface area contributed by atoms with E-state index in [0.717, 1.165) is 15.3 Å². The van der Waals surface area contributed by atoms with E-state index in [9.17, 15) is 9.59 Å². The van der Waals surface area contributed by atoms with Gasteiger partial charge in [0.25, 0.3) is 0 Å². The van der Waals surface area contributed by atoms with E-state index in [2.05, 4.69) is 15.5 Å². The van der Waals surface area contributed by atoms with Crippen LogP contribution in [0.4, 0.5) is 5.69 Å². The second-order valence-electron chi connectivity index (χ2n) is 7.29. The van der Waals surface area contributed by atoms with E-state index >= 15 is 0 Å². The molecule has 9 heteroatoms. The predicted molar refractivity (Wildman–Crippen MR) is 115 cm³/mol. The molecule has 1 amide bonds. The average molecular weight is 432 g/mol. The summed E-state index contributed by atoms with van der Waals surface area (Å²) in [5, 5.41) is 13.2. The van der Waals surface area contributed by atoms with Crippen molar-refractivity contribution in [2.45, 2.75) is 55.8 Å². The van der Waals surface area contributed by atoms with Crippen LogP contribution >= 0.6 is 23.4 Å². The van der Waals surface area contributed by atoms with Crippen molar-refractivity contribution in [3.05, 3.63) is 51.4 Å². The van der Waals surface area contributed by atoms with Crippen molar-refractivity contribution in [1.82, 2.24) is 19.4 Å². The number of hydrogen-bond acceptors (Lipinski definition) is 5. The maximum Gasteiger partial charge on any atom is 0.367 e. The molecule has 1 fully saturated rings. The van der Waals surface area contributed by atoms with E-state index in [0.29, 0.717) is 21.6 Å². The van der Waals surface area contributed by atoms with Crippen molar-refractivity contribution >= 4 is 40.6 Å². The standard InChI is InChI=1S/C20H22ClN5O2S/c1-13-7-8-16(15(21)11-13)22-18(27)12-25-20(28)26-17(23-25)9-10-19(24-26)29-14-5-3-2-4-6-14/h7-11,14H,2-6,12H2,1H3,(H,22,27). The van der Waals surface area contributed by atoms with Crippen LogP contribution < -0.4 is 11.0 Å². The van der Waals surface area contributed by atoms with Crippen molar-refractivity contribution < 1.29 is 4.79 Å². The lowest BCUT2D eigenvalue weighted by Gasteiger charge is -2.20. The number of nitrogens with zero attached hydrogens (tertiary/aromatic N) is 4. The molecule has 0 saturated heterocycles. The highest BCUT2D eigenvalue weighted by Crippen LogP contribution is 2.32. The summed E-state index contributed by atoms with van der Waals surface area (Å²) in [6, 6.07) is 9.01. The number of thioether (sulfide) groups is 1. The van der Waals surface area contributed by atoms with Gasteiger partial charge in [0.15, 0.2) is 5.65 Å². The molecule has 0 bridgehead atoms. The van der Waals surface area contributed by atoms with Crippen LogP contribution in [-0.4, -0.2) is 30.6 Å². The van der Waals surface area contributed by atoms with Crippen molar-refractivity contribution in [3.8, 4) is 0 Å². The molecule has 4 rings (SSSR count). The number of amides is 1. The Hall–Kier alpha value is -2.32. The van der Waals surface area contributed by atoms with E-state index in [1.54, 1.807) is 30.0 Å². The third kappa shape index (κ3) is 4.64. The predicted octanol–water partition coefficient (Wildman–Crippen LogP) is 3.92. The first-order chi connectivity index (χ1) is 14.0. The van der Waals surface area contributed by atoms with E-state index in [1.807, 2.05) is 19.1 Å². The molecule has 1 N–H and O–H groups in total. The highest BCUT2D eigenvalue weighted by molar-refractivity contribution is 7.99. The van der Waals surface area contributed by atoms with Gasteiger partial charge < -0.3 is 5.32 Å². The fourth-order valence-electron chi connectivity index (χ4n) is 3.46. The Morgan fingerprint density at radius 1 is 1.21 bits per heavy atom. The molecular formula is C20H22ClN5O2S. The number of halogens is 1. The Bertz CT molecular complexity index is 1100. The average Bonchev–Trinajstić information content (AvgIpc) is 3.00. The SMILES string of the molecule is Cc1ccc(NC(=O)Cn2nc3ccc(SC4CCCCC4)nn3c2=O)c(Cl)c1. The Morgan fingerprint density at radius 3 is 2.76 bits per heavy atom. The summed E-state index contributed by atoms with van der Waals surface area (Å²) >= 11 is 7.87. The zero-order chi connectivity index (χ0) is 20.4. The lowest BCUT2D eigenvalue weighted by Crippen LogP contribution is -2.29. The fraction of sp³-hybridized carbons (Fsp3) is 0.400. The maximum atomic E-state index is 12.7. The number of aryl methyl sites for hydroxylation is 1. The number of carbonyl (C=O) groups is 1. The summed E-state index contributed by atoms with van der Waals surface area (Å²) in [7, 11) is 0. The van der Waals surface area contributed by atoms with Gasteiger partial charge >= 0.3 is 5.69 Å². The highest BCUT2D eigenvalue weighted by atomic mass is 35.5. The van der Waals surface area contributed by atoms with Crippen LogP contribution in [0.15, 0.2) is 40.2 Å². The normalized spacial score (nSPS) is 15.0. The molecule has 0 spiro atoms. The zero-order valence-corrected chi connectivity index (χ0v) is 17.7. The third-order valence-electron chi connectivity index (χ3n) is 4.95. The second kappa shape index (κ2) is 8.59. The largest absolute Gasteiger partial charge is 0.367 e.